The third-order valence-corrected chi connectivity index (χ3v) is 5.00. The number of carbonyl (C=O) groups excluding carboxylic acids is 1. The van der Waals surface area contributed by atoms with Crippen LogP contribution in [0.2, 0.25) is 5.02 Å². The number of fused-ring (bicyclic) bond motifs is 1. The molecule has 0 aliphatic carbocycles. The second-order valence-electron chi connectivity index (χ2n) is 6.23. The van der Waals surface area contributed by atoms with Gasteiger partial charge in [-0.15, -0.1) is 0 Å². The first-order valence-electron chi connectivity index (χ1n) is 8.16. The molecule has 2 aliphatic heterocycles. The van der Waals surface area contributed by atoms with E-state index in [-0.39, 0.29) is 6.09 Å². The summed E-state index contributed by atoms with van der Waals surface area (Å²) in [5.41, 5.74) is 0.706. The highest BCUT2D eigenvalue weighted by atomic mass is 35.5. The van der Waals surface area contributed by atoms with Gasteiger partial charge in [0.15, 0.2) is 0 Å². The topological polar surface area (TPSA) is 41.6 Å². The van der Waals surface area contributed by atoms with E-state index >= 15 is 0 Å². The fourth-order valence-electron chi connectivity index (χ4n) is 3.64. The SMILES string of the molecule is O=C(Nc1ccc(Cl)cc1)OCC1CCCN2CCCCC12. The number of piperidine rings is 2. The van der Waals surface area contributed by atoms with E-state index in [1.54, 1.807) is 24.3 Å². The van der Waals surface area contributed by atoms with E-state index in [4.69, 9.17) is 16.3 Å². The number of nitrogens with one attached hydrogen (secondary N) is 1. The van der Waals surface area contributed by atoms with Gasteiger partial charge in [0.2, 0.25) is 0 Å². The molecule has 5 heteroatoms. The fraction of sp³-hybridized carbons (Fsp3) is 0.588. The predicted molar refractivity (Wildman–Crippen MR) is 88.4 cm³/mol. The van der Waals surface area contributed by atoms with Crippen LogP contribution >= 0.6 is 11.6 Å². The summed E-state index contributed by atoms with van der Waals surface area (Å²) >= 11 is 5.83. The number of ether oxygens (including phenoxy) is 1. The second kappa shape index (κ2) is 7.34. The van der Waals surface area contributed by atoms with E-state index in [1.807, 2.05) is 0 Å². The molecule has 2 unspecified atom stereocenters. The minimum atomic E-state index is -0.379. The first-order chi connectivity index (χ1) is 10.7. The van der Waals surface area contributed by atoms with E-state index in [1.165, 1.54) is 38.8 Å². The molecular formula is C17H23ClN2O2. The Morgan fingerprint density at radius 2 is 1.95 bits per heavy atom. The molecular weight excluding hydrogens is 300 g/mol. The summed E-state index contributed by atoms with van der Waals surface area (Å²) in [5.74, 6) is 0.477. The van der Waals surface area contributed by atoms with Gasteiger partial charge in [-0.3, -0.25) is 10.2 Å². The van der Waals surface area contributed by atoms with Crippen LogP contribution in [-0.4, -0.2) is 36.7 Å². The summed E-state index contributed by atoms with van der Waals surface area (Å²) < 4.78 is 5.45. The Bertz CT molecular complexity index is 504. The molecule has 0 spiro atoms. The van der Waals surface area contributed by atoms with E-state index in [0.29, 0.717) is 29.3 Å². The van der Waals surface area contributed by atoms with Crippen molar-refractivity contribution in [2.75, 3.05) is 25.0 Å². The number of hydrogen-bond acceptors (Lipinski definition) is 3. The monoisotopic (exact) mass is 322 g/mol. The number of hydrogen-bond donors (Lipinski definition) is 1. The number of carbonyl (C=O) groups is 1. The zero-order chi connectivity index (χ0) is 15.4. The van der Waals surface area contributed by atoms with Crippen LogP contribution in [0.25, 0.3) is 0 Å². The largest absolute Gasteiger partial charge is 0.449 e. The molecule has 1 aromatic carbocycles. The molecule has 120 valence electrons. The van der Waals surface area contributed by atoms with Crippen molar-refractivity contribution in [3.05, 3.63) is 29.3 Å². The standard InChI is InChI=1S/C17H23ClN2O2/c18-14-6-8-15(9-7-14)19-17(21)22-12-13-4-3-11-20-10-2-1-5-16(13)20/h6-9,13,16H,1-5,10-12H2,(H,19,21). The highest BCUT2D eigenvalue weighted by Crippen LogP contribution is 2.31. The maximum Gasteiger partial charge on any atom is 0.411 e. The van der Waals surface area contributed by atoms with Crippen LogP contribution in [-0.2, 0) is 4.74 Å². The van der Waals surface area contributed by atoms with Crippen molar-refractivity contribution in [1.29, 1.82) is 0 Å². The smallest absolute Gasteiger partial charge is 0.411 e. The van der Waals surface area contributed by atoms with Gasteiger partial charge in [0.25, 0.3) is 0 Å². The molecule has 2 atom stereocenters. The van der Waals surface area contributed by atoms with Crippen molar-refractivity contribution in [2.24, 2.45) is 5.92 Å². The molecule has 2 heterocycles. The molecule has 22 heavy (non-hydrogen) atoms. The molecule has 1 amide bonds. The number of halogens is 1. The van der Waals surface area contributed by atoms with Crippen molar-refractivity contribution >= 4 is 23.4 Å². The van der Waals surface area contributed by atoms with Gasteiger partial charge in [-0.1, -0.05) is 18.0 Å². The van der Waals surface area contributed by atoms with Gasteiger partial charge in [-0.05, 0) is 63.0 Å². The number of nitrogens with zero attached hydrogens (tertiary/aromatic N) is 1. The van der Waals surface area contributed by atoms with Gasteiger partial charge in [-0.25, -0.2) is 4.79 Å². The molecule has 1 N–H and O–H groups in total. The maximum absolute atomic E-state index is 11.9. The average Bonchev–Trinajstić information content (AvgIpc) is 2.55. The molecule has 3 rings (SSSR count). The van der Waals surface area contributed by atoms with Crippen LogP contribution in [0.5, 0.6) is 0 Å². The summed E-state index contributed by atoms with van der Waals surface area (Å²) in [5, 5.41) is 3.40. The first kappa shape index (κ1) is 15.6. The quantitative estimate of drug-likeness (QED) is 0.908. The molecule has 2 fully saturated rings. The zero-order valence-corrected chi connectivity index (χ0v) is 13.5. The Labute approximate surface area is 136 Å². The van der Waals surface area contributed by atoms with Gasteiger partial charge in [0.05, 0.1) is 6.61 Å². The summed E-state index contributed by atoms with van der Waals surface area (Å²) in [6.45, 7) is 2.93. The number of amides is 1. The Hall–Kier alpha value is -1.26. The van der Waals surface area contributed by atoms with Crippen molar-refractivity contribution < 1.29 is 9.53 Å². The molecule has 2 saturated heterocycles. The minimum Gasteiger partial charge on any atom is -0.449 e. The summed E-state index contributed by atoms with van der Waals surface area (Å²) in [7, 11) is 0. The van der Waals surface area contributed by atoms with Crippen LogP contribution in [0.4, 0.5) is 10.5 Å². The lowest BCUT2D eigenvalue weighted by atomic mass is 9.84. The Kier molecular flexibility index (Phi) is 5.21. The van der Waals surface area contributed by atoms with Gasteiger partial charge < -0.3 is 4.74 Å². The van der Waals surface area contributed by atoms with Gasteiger partial charge >= 0.3 is 6.09 Å². The summed E-state index contributed by atoms with van der Waals surface area (Å²) in [6, 6.07) is 7.64. The van der Waals surface area contributed by atoms with Crippen LogP contribution in [0, 0.1) is 5.92 Å². The molecule has 0 aromatic heterocycles. The van der Waals surface area contributed by atoms with Crippen LogP contribution < -0.4 is 5.32 Å². The molecule has 0 saturated carbocycles. The molecule has 0 radical (unpaired) electrons. The predicted octanol–water partition coefficient (Wildman–Crippen LogP) is 4.15. The highest BCUT2D eigenvalue weighted by Gasteiger charge is 2.33. The van der Waals surface area contributed by atoms with Gasteiger partial charge in [0.1, 0.15) is 0 Å². The van der Waals surface area contributed by atoms with Crippen molar-refractivity contribution in [3.8, 4) is 0 Å². The third-order valence-electron chi connectivity index (χ3n) is 4.75. The van der Waals surface area contributed by atoms with E-state index in [0.717, 1.165) is 6.42 Å². The van der Waals surface area contributed by atoms with Crippen LogP contribution in [0.15, 0.2) is 24.3 Å². The van der Waals surface area contributed by atoms with Gasteiger partial charge in [0, 0.05) is 22.7 Å². The van der Waals surface area contributed by atoms with E-state index in [2.05, 4.69) is 10.2 Å². The average molecular weight is 323 g/mol. The lowest BCUT2D eigenvalue weighted by Gasteiger charge is -2.44. The van der Waals surface area contributed by atoms with Crippen LogP contribution in [0.1, 0.15) is 32.1 Å². The third kappa shape index (κ3) is 3.93. The maximum atomic E-state index is 11.9. The van der Waals surface area contributed by atoms with E-state index < -0.39 is 0 Å². The zero-order valence-electron chi connectivity index (χ0n) is 12.8. The number of benzene rings is 1. The number of anilines is 1. The van der Waals surface area contributed by atoms with Crippen molar-refractivity contribution in [1.82, 2.24) is 4.90 Å². The summed E-state index contributed by atoms with van der Waals surface area (Å²) in [6.07, 6.45) is 5.84. The lowest BCUT2D eigenvalue weighted by molar-refractivity contribution is 0.0261. The molecule has 0 bridgehead atoms. The van der Waals surface area contributed by atoms with Crippen molar-refractivity contribution in [2.45, 2.75) is 38.1 Å². The van der Waals surface area contributed by atoms with Crippen LogP contribution in [0.3, 0.4) is 0 Å². The first-order valence-corrected chi connectivity index (χ1v) is 8.53. The number of rotatable bonds is 3. The summed E-state index contributed by atoms with van der Waals surface area (Å²) in [4.78, 5) is 14.5. The molecule has 4 nitrogen and oxygen atoms in total. The van der Waals surface area contributed by atoms with Crippen molar-refractivity contribution in [3.63, 3.8) is 0 Å². The highest BCUT2D eigenvalue weighted by molar-refractivity contribution is 6.30. The Morgan fingerprint density at radius 1 is 1.18 bits per heavy atom. The normalized spacial score (nSPS) is 25.3. The lowest BCUT2D eigenvalue weighted by Crippen LogP contribution is -2.49. The van der Waals surface area contributed by atoms with E-state index in [9.17, 15) is 4.79 Å². The minimum absolute atomic E-state index is 0.379. The molecule has 1 aromatic rings. The fourth-order valence-corrected chi connectivity index (χ4v) is 3.77. The second-order valence-corrected chi connectivity index (χ2v) is 6.67. The van der Waals surface area contributed by atoms with Gasteiger partial charge in [-0.2, -0.15) is 0 Å². The Balaban J connectivity index is 1.48. The Morgan fingerprint density at radius 3 is 2.77 bits per heavy atom. The molecule has 2 aliphatic rings.